The number of benzene rings is 2. The molecule has 24 heavy (non-hydrogen) atoms. The monoisotopic (exact) mass is 318 g/mol. The molecule has 0 saturated carbocycles. The Bertz CT molecular complexity index is 785. The minimum Gasteiger partial charge on any atom is -0.457 e. The Morgan fingerprint density at radius 1 is 0.917 bits per heavy atom. The van der Waals surface area contributed by atoms with E-state index in [0.717, 1.165) is 22.9 Å². The van der Waals surface area contributed by atoms with Gasteiger partial charge in [-0.05, 0) is 47.4 Å². The molecular formula is C21H22N2O. The van der Waals surface area contributed by atoms with Gasteiger partial charge in [-0.2, -0.15) is 0 Å². The lowest BCUT2D eigenvalue weighted by atomic mass is 10.0. The largest absolute Gasteiger partial charge is 0.457 e. The van der Waals surface area contributed by atoms with Gasteiger partial charge in [0.15, 0.2) is 0 Å². The van der Waals surface area contributed by atoms with Crippen molar-refractivity contribution in [3.05, 3.63) is 84.1 Å². The first kappa shape index (κ1) is 16.1. The third-order valence-electron chi connectivity index (χ3n) is 3.80. The first-order chi connectivity index (χ1) is 11.7. The molecule has 1 N–H and O–H groups in total. The summed E-state index contributed by atoms with van der Waals surface area (Å²) in [4.78, 5) is 4.46. The summed E-state index contributed by atoms with van der Waals surface area (Å²) in [6, 6.07) is 22.0. The van der Waals surface area contributed by atoms with Crippen molar-refractivity contribution in [3.8, 4) is 11.5 Å². The van der Waals surface area contributed by atoms with E-state index < -0.39 is 0 Å². The highest BCUT2D eigenvalue weighted by Crippen LogP contribution is 2.24. The SMILES string of the molecule is CC(C)c1cccnc1NCc1cccc(Oc2ccccc2)c1. The Labute approximate surface area is 143 Å². The van der Waals surface area contributed by atoms with Crippen LogP contribution in [0.2, 0.25) is 0 Å². The van der Waals surface area contributed by atoms with Crippen molar-refractivity contribution < 1.29 is 4.74 Å². The predicted octanol–water partition coefficient (Wildman–Crippen LogP) is 5.61. The van der Waals surface area contributed by atoms with Crippen LogP contribution in [-0.4, -0.2) is 4.98 Å². The lowest BCUT2D eigenvalue weighted by Crippen LogP contribution is -2.05. The average Bonchev–Trinajstić information content (AvgIpc) is 2.61. The number of pyridine rings is 1. The highest BCUT2D eigenvalue weighted by Gasteiger charge is 2.07. The third-order valence-corrected chi connectivity index (χ3v) is 3.80. The quantitative estimate of drug-likeness (QED) is 0.641. The van der Waals surface area contributed by atoms with E-state index in [2.05, 4.69) is 42.3 Å². The maximum atomic E-state index is 5.89. The van der Waals surface area contributed by atoms with Crippen LogP contribution in [-0.2, 0) is 6.54 Å². The van der Waals surface area contributed by atoms with Gasteiger partial charge >= 0.3 is 0 Å². The molecule has 1 heterocycles. The molecule has 0 unspecified atom stereocenters. The lowest BCUT2D eigenvalue weighted by Gasteiger charge is -2.14. The fourth-order valence-corrected chi connectivity index (χ4v) is 2.56. The summed E-state index contributed by atoms with van der Waals surface area (Å²) in [6.07, 6.45) is 1.82. The molecule has 0 saturated heterocycles. The van der Waals surface area contributed by atoms with Gasteiger partial charge in [-0.25, -0.2) is 4.98 Å². The number of rotatable bonds is 6. The van der Waals surface area contributed by atoms with E-state index in [1.54, 1.807) is 0 Å². The number of hydrogen-bond acceptors (Lipinski definition) is 3. The summed E-state index contributed by atoms with van der Waals surface area (Å²) in [5.41, 5.74) is 2.39. The third kappa shape index (κ3) is 4.13. The Morgan fingerprint density at radius 2 is 1.71 bits per heavy atom. The minimum atomic E-state index is 0.439. The summed E-state index contributed by atoms with van der Waals surface area (Å²) in [5.74, 6) is 3.07. The van der Waals surface area contributed by atoms with Crippen molar-refractivity contribution in [2.75, 3.05) is 5.32 Å². The van der Waals surface area contributed by atoms with Crippen molar-refractivity contribution in [3.63, 3.8) is 0 Å². The maximum Gasteiger partial charge on any atom is 0.129 e. The van der Waals surface area contributed by atoms with E-state index in [0.29, 0.717) is 12.5 Å². The second-order valence-corrected chi connectivity index (χ2v) is 6.01. The first-order valence-electron chi connectivity index (χ1n) is 8.23. The summed E-state index contributed by atoms with van der Waals surface area (Å²) in [6.45, 7) is 5.07. The topological polar surface area (TPSA) is 34.2 Å². The average molecular weight is 318 g/mol. The van der Waals surface area contributed by atoms with Crippen LogP contribution in [0.25, 0.3) is 0 Å². The Balaban J connectivity index is 1.69. The van der Waals surface area contributed by atoms with Crippen LogP contribution in [0.15, 0.2) is 72.9 Å². The van der Waals surface area contributed by atoms with Gasteiger partial charge in [0.1, 0.15) is 17.3 Å². The Kier molecular flexibility index (Phi) is 5.12. The molecule has 0 radical (unpaired) electrons. The van der Waals surface area contributed by atoms with E-state index in [9.17, 15) is 0 Å². The highest BCUT2D eigenvalue weighted by molar-refractivity contribution is 5.46. The molecule has 3 rings (SSSR count). The van der Waals surface area contributed by atoms with E-state index in [1.165, 1.54) is 5.56 Å². The van der Waals surface area contributed by atoms with Gasteiger partial charge in [0.05, 0.1) is 0 Å². The molecule has 3 heteroatoms. The van der Waals surface area contributed by atoms with Gasteiger partial charge < -0.3 is 10.1 Å². The van der Waals surface area contributed by atoms with E-state index in [1.807, 2.05) is 54.7 Å². The van der Waals surface area contributed by atoms with E-state index in [4.69, 9.17) is 4.74 Å². The van der Waals surface area contributed by atoms with Crippen LogP contribution in [0.4, 0.5) is 5.82 Å². The van der Waals surface area contributed by atoms with Crippen molar-refractivity contribution in [1.82, 2.24) is 4.98 Å². The number of ether oxygens (including phenoxy) is 1. The summed E-state index contributed by atoms with van der Waals surface area (Å²) < 4.78 is 5.89. The minimum absolute atomic E-state index is 0.439. The number of nitrogens with zero attached hydrogens (tertiary/aromatic N) is 1. The van der Waals surface area contributed by atoms with Crippen LogP contribution >= 0.6 is 0 Å². The van der Waals surface area contributed by atoms with Gasteiger partial charge in [0, 0.05) is 12.7 Å². The Morgan fingerprint density at radius 3 is 2.50 bits per heavy atom. The zero-order chi connectivity index (χ0) is 16.8. The van der Waals surface area contributed by atoms with Gasteiger partial charge in [0.2, 0.25) is 0 Å². The number of hydrogen-bond donors (Lipinski definition) is 1. The normalized spacial score (nSPS) is 10.6. The highest BCUT2D eigenvalue weighted by atomic mass is 16.5. The lowest BCUT2D eigenvalue weighted by molar-refractivity contribution is 0.482. The molecular weight excluding hydrogens is 296 g/mol. The number of aromatic nitrogens is 1. The van der Waals surface area contributed by atoms with Crippen molar-refractivity contribution in [1.29, 1.82) is 0 Å². The van der Waals surface area contributed by atoms with Crippen LogP contribution in [0.5, 0.6) is 11.5 Å². The van der Waals surface area contributed by atoms with Crippen LogP contribution < -0.4 is 10.1 Å². The Hall–Kier alpha value is -2.81. The molecule has 0 aliphatic carbocycles. The van der Waals surface area contributed by atoms with Gasteiger partial charge in [-0.3, -0.25) is 0 Å². The zero-order valence-electron chi connectivity index (χ0n) is 14.1. The number of nitrogens with one attached hydrogen (secondary N) is 1. The molecule has 0 amide bonds. The molecule has 0 aliphatic heterocycles. The fourth-order valence-electron chi connectivity index (χ4n) is 2.56. The van der Waals surface area contributed by atoms with Crippen molar-refractivity contribution in [2.45, 2.75) is 26.3 Å². The second kappa shape index (κ2) is 7.64. The van der Waals surface area contributed by atoms with Crippen LogP contribution in [0, 0.1) is 0 Å². The van der Waals surface area contributed by atoms with E-state index in [-0.39, 0.29) is 0 Å². The second-order valence-electron chi connectivity index (χ2n) is 6.01. The standard InChI is InChI=1S/C21H22N2O/c1-16(2)20-12-7-13-22-21(20)23-15-17-8-6-11-19(14-17)24-18-9-4-3-5-10-18/h3-14,16H,15H2,1-2H3,(H,22,23). The van der Waals surface area contributed by atoms with Crippen molar-refractivity contribution in [2.24, 2.45) is 0 Å². The van der Waals surface area contributed by atoms with Crippen LogP contribution in [0.1, 0.15) is 30.9 Å². The molecule has 2 aromatic carbocycles. The van der Waals surface area contributed by atoms with Gasteiger partial charge in [-0.15, -0.1) is 0 Å². The van der Waals surface area contributed by atoms with Crippen molar-refractivity contribution >= 4 is 5.82 Å². The molecule has 0 fully saturated rings. The summed E-state index contributed by atoms with van der Waals surface area (Å²) in [5, 5.41) is 3.44. The number of anilines is 1. The molecule has 1 aromatic heterocycles. The van der Waals surface area contributed by atoms with E-state index >= 15 is 0 Å². The molecule has 3 aromatic rings. The summed E-state index contributed by atoms with van der Waals surface area (Å²) in [7, 11) is 0. The summed E-state index contributed by atoms with van der Waals surface area (Å²) >= 11 is 0. The van der Waals surface area contributed by atoms with Crippen LogP contribution in [0.3, 0.4) is 0 Å². The molecule has 3 nitrogen and oxygen atoms in total. The first-order valence-corrected chi connectivity index (χ1v) is 8.23. The predicted molar refractivity (Wildman–Crippen MR) is 98.6 cm³/mol. The molecule has 0 atom stereocenters. The van der Waals surface area contributed by atoms with Gasteiger partial charge in [-0.1, -0.05) is 50.2 Å². The number of para-hydroxylation sites is 1. The fraction of sp³-hybridized carbons (Fsp3) is 0.190. The molecule has 0 bridgehead atoms. The maximum absolute atomic E-state index is 5.89. The smallest absolute Gasteiger partial charge is 0.129 e. The molecule has 122 valence electrons. The molecule has 0 aliphatic rings. The zero-order valence-corrected chi connectivity index (χ0v) is 14.1. The van der Waals surface area contributed by atoms with Gasteiger partial charge in [0.25, 0.3) is 0 Å². The molecule has 0 spiro atoms.